The molecule has 3 aromatic carbocycles. The maximum Gasteiger partial charge on any atom is 0.166 e. The van der Waals surface area contributed by atoms with Gasteiger partial charge in [-0.2, -0.15) is 0 Å². The summed E-state index contributed by atoms with van der Waals surface area (Å²) in [6.45, 7) is 5.84. The number of fused-ring (bicyclic) bond motifs is 1. The number of halogens is 1. The lowest BCUT2D eigenvalue weighted by Crippen LogP contribution is -2.06. The van der Waals surface area contributed by atoms with Crippen LogP contribution in [0.1, 0.15) is 74.7 Å². The number of aromatic nitrogens is 1. The Morgan fingerprint density at radius 3 is 2.32 bits per heavy atom. The lowest BCUT2D eigenvalue weighted by atomic mass is 9.92. The summed E-state index contributed by atoms with van der Waals surface area (Å²) in [6.07, 6.45) is 4.49. The summed E-state index contributed by atoms with van der Waals surface area (Å²) in [5.41, 5.74) is 4.97. The lowest BCUT2D eigenvalue weighted by molar-refractivity contribution is -0.119. The molecule has 0 saturated heterocycles. The van der Waals surface area contributed by atoms with Crippen LogP contribution in [0.4, 0.5) is 15.8 Å². The molecule has 190 valence electrons. The molecule has 0 bridgehead atoms. The van der Waals surface area contributed by atoms with Crippen LogP contribution in [0.3, 0.4) is 0 Å². The van der Waals surface area contributed by atoms with E-state index in [-0.39, 0.29) is 23.3 Å². The zero-order chi connectivity index (χ0) is 26.4. The molecule has 0 amide bonds. The summed E-state index contributed by atoms with van der Waals surface area (Å²) < 4.78 is 15.2. The molecule has 1 unspecified atom stereocenters. The molecule has 4 nitrogen and oxygen atoms in total. The van der Waals surface area contributed by atoms with E-state index in [1.54, 1.807) is 12.3 Å². The second-order valence-electron chi connectivity index (χ2n) is 9.57. The standard InChI is InChI=1S/C32H33FN2O2/c1-4-9-25(36)17-21(3)26-15-13-23(19-29(26)33)22-14-16-30-27(18-22)32(35-24-11-7-6-8-12-24)28(20-34-30)31(37)10-5-2/h6-8,11-16,18-21H,4-5,9-10,17H2,1-3H3,(H,34,35). The molecule has 0 aliphatic carbocycles. The number of rotatable bonds is 11. The zero-order valence-electron chi connectivity index (χ0n) is 21.7. The van der Waals surface area contributed by atoms with E-state index < -0.39 is 0 Å². The van der Waals surface area contributed by atoms with Gasteiger partial charge < -0.3 is 5.32 Å². The van der Waals surface area contributed by atoms with E-state index in [4.69, 9.17) is 0 Å². The highest BCUT2D eigenvalue weighted by Crippen LogP contribution is 2.34. The Kier molecular flexibility index (Phi) is 8.44. The van der Waals surface area contributed by atoms with Crippen LogP contribution in [0.15, 0.2) is 72.9 Å². The van der Waals surface area contributed by atoms with E-state index >= 15 is 4.39 Å². The van der Waals surface area contributed by atoms with Crippen LogP contribution >= 0.6 is 0 Å². The molecule has 0 saturated carbocycles. The summed E-state index contributed by atoms with van der Waals surface area (Å²) >= 11 is 0. The predicted octanol–water partition coefficient (Wildman–Crippen LogP) is 8.63. The Balaban J connectivity index is 1.75. The van der Waals surface area contributed by atoms with Crippen molar-refractivity contribution in [2.75, 3.05) is 5.32 Å². The fraction of sp³-hybridized carbons (Fsp3) is 0.281. The van der Waals surface area contributed by atoms with Gasteiger partial charge in [0.25, 0.3) is 0 Å². The van der Waals surface area contributed by atoms with Crippen molar-refractivity contribution in [3.63, 3.8) is 0 Å². The van der Waals surface area contributed by atoms with E-state index in [1.165, 1.54) is 6.07 Å². The monoisotopic (exact) mass is 496 g/mol. The molecule has 1 N–H and O–H groups in total. The van der Waals surface area contributed by atoms with Gasteiger partial charge in [-0.25, -0.2) is 4.39 Å². The Bertz CT molecular complexity index is 1420. The van der Waals surface area contributed by atoms with Gasteiger partial charge in [0, 0.05) is 36.5 Å². The summed E-state index contributed by atoms with van der Waals surface area (Å²) in [5.74, 6) is -0.306. The first kappa shape index (κ1) is 26.2. The lowest BCUT2D eigenvalue weighted by Gasteiger charge is -2.16. The molecule has 37 heavy (non-hydrogen) atoms. The molecule has 0 radical (unpaired) electrons. The molecule has 5 heteroatoms. The van der Waals surface area contributed by atoms with Crippen LogP contribution < -0.4 is 5.32 Å². The molecule has 4 aromatic rings. The van der Waals surface area contributed by atoms with Crippen LogP contribution in [-0.4, -0.2) is 16.6 Å². The van der Waals surface area contributed by atoms with Gasteiger partial charge >= 0.3 is 0 Å². The van der Waals surface area contributed by atoms with Crippen molar-refractivity contribution in [2.45, 2.75) is 58.8 Å². The third kappa shape index (κ3) is 6.11. The summed E-state index contributed by atoms with van der Waals surface area (Å²) in [4.78, 5) is 29.6. The zero-order valence-corrected chi connectivity index (χ0v) is 21.7. The van der Waals surface area contributed by atoms with Gasteiger partial charge in [0.1, 0.15) is 11.6 Å². The number of carbonyl (C=O) groups excluding carboxylic acids is 2. The van der Waals surface area contributed by atoms with Crippen LogP contribution in [0.5, 0.6) is 0 Å². The summed E-state index contributed by atoms with van der Waals surface area (Å²) in [5, 5.41) is 4.23. The Morgan fingerprint density at radius 1 is 0.919 bits per heavy atom. The first-order valence-electron chi connectivity index (χ1n) is 13.0. The number of hydrogen-bond donors (Lipinski definition) is 1. The van der Waals surface area contributed by atoms with E-state index in [9.17, 15) is 9.59 Å². The maximum atomic E-state index is 15.2. The number of anilines is 2. The van der Waals surface area contributed by atoms with Crippen LogP contribution in [0.25, 0.3) is 22.0 Å². The van der Waals surface area contributed by atoms with Crippen LogP contribution in [-0.2, 0) is 4.79 Å². The van der Waals surface area contributed by atoms with E-state index in [0.717, 1.165) is 40.6 Å². The van der Waals surface area contributed by atoms with Crippen molar-refractivity contribution in [2.24, 2.45) is 0 Å². The molecule has 1 atom stereocenters. The Hall–Kier alpha value is -3.86. The third-order valence-electron chi connectivity index (χ3n) is 6.62. The second kappa shape index (κ2) is 11.9. The molecule has 0 spiro atoms. The van der Waals surface area contributed by atoms with E-state index in [1.807, 2.05) is 75.4 Å². The van der Waals surface area contributed by atoms with Gasteiger partial charge in [0.05, 0.1) is 16.8 Å². The van der Waals surface area contributed by atoms with Gasteiger partial charge in [-0.05, 0) is 65.8 Å². The number of ketones is 2. The van der Waals surface area contributed by atoms with Crippen molar-refractivity contribution in [3.05, 3.63) is 89.9 Å². The molecule has 0 aliphatic heterocycles. The SMILES string of the molecule is CCCC(=O)CC(C)c1ccc(-c2ccc3ncc(C(=O)CCC)c(Nc4ccccc4)c3c2)cc1F. The smallest absolute Gasteiger partial charge is 0.166 e. The highest BCUT2D eigenvalue weighted by molar-refractivity contribution is 6.09. The third-order valence-corrected chi connectivity index (χ3v) is 6.62. The number of hydrogen-bond acceptors (Lipinski definition) is 4. The quantitative estimate of drug-likeness (QED) is 0.211. The fourth-order valence-corrected chi connectivity index (χ4v) is 4.68. The van der Waals surface area contributed by atoms with E-state index in [0.29, 0.717) is 36.1 Å². The highest BCUT2D eigenvalue weighted by atomic mass is 19.1. The first-order chi connectivity index (χ1) is 17.9. The van der Waals surface area contributed by atoms with Crippen molar-refractivity contribution in [1.82, 2.24) is 4.98 Å². The number of Topliss-reactive ketones (excluding diaryl/α,β-unsaturated/α-hetero) is 2. The number of benzene rings is 3. The van der Waals surface area contributed by atoms with Crippen LogP contribution in [0, 0.1) is 5.82 Å². The van der Waals surface area contributed by atoms with Gasteiger partial charge in [0.15, 0.2) is 5.78 Å². The normalized spacial score (nSPS) is 11.9. The minimum Gasteiger partial charge on any atom is -0.354 e. The van der Waals surface area contributed by atoms with Gasteiger partial charge in [0.2, 0.25) is 0 Å². The van der Waals surface area contributed by atoms with Gasteiger partial charge in [-0.3, -0.25) is 14.6 Å². The van der Waals surface area contributed by atoms with E-state index in [2.05, 4.69) is 10.3 Å². The van der Waals surface area contributed by atoms with Crippen molar-refractivity contribution in [3.8, 4) is 11.1 Å². The Morgan fingerprint density at radius 2 is 1.62 bits per heavy atom. The van der Waals surface area contributed by atoms with Crippen molar-refractivity contribution >= 4 is 33.8 Å². The van der Waals surface area contributed by atoms with Crippen molar-refractivity contribution in [1.29, 1.82) is 0 Å². The van der Waals surface area contributed by atoms with Crippen molar-refractivity contribution < 1.29 is 14.0 Å². The largest absolute Gasteiger partial charge is 0.354 e. The molecule has 1 heterocycles. The topological polar surface area (TPSA) is 59.1 Å². The minimum absolute atomic E-state index is 0.0303. The number of nitrogens with zero attached hydrogens (tertiary/aromatic N) is 1. The number of carbonyl (C=O) groups is 2. The molecule has 0 aliphatic rings. The average molecular weight is 497 g/mol. The van der Waals surface area contributed by atoms with Gasteiger partial charge in [-0.1, -0.05) is 57.2 Å². The molecular weight excluding hydrogens is 463 g/mol. The maximum absolute atomic E-state index is 15.2. The highest BCUT2D eigenvalue weighted by Gasteiger charge is 2.18. The molecule has 4 rings (SSSR count). The number of para-hydroxylation sites is 1. The van der Waals surface area contributed by atoms with Crippen LogP contribution in [0.2, 0.25) is 0 Å². The second-order valence-corrected chi connectivity index (χ2v) is 9.57. The number of pyridine rings is 1. The number of nitrogens with one attached hydrogen (secondary N) is 1. The first-order valence-corrected chi connectivity index (χ1v) is 13.0. The molecule has 1 aromatic heterocycles. The van der Waals surface area contributed by atoms with Gasteiger partial charge in [-0.15, -0.1) is 0 Å². The molecule has 0 fully saturated rings. The summed E-state index contributed by atoms with van der Waals surface area (Å²) in [6, 6.07) is 20.7. The Labute approximate surface area is 217 Å². The molecular formula is C32H33FN2O2. The minimum atomic E-state index is -0.318. The average Bonchev–Trinajstić information content (AvgIpc) is 2.89. The fourth-order valence-electron chi connectivity index (χ4n) is 4.68. The summed E-state index contributed by atoms with van der Waals surface area (Å²) in [7, 11) is 0. The predicted molar refractivity (Wildman–Crippen MR) is 149 cm³/mol.